The highest BCUT2D eigenvalue weighted by atomic mass is 32.2. The number of hydrogen-bond donors (Lipinski definition) is 2. The molecular formula is C13H19FN2O2S. The number of rotatable bonds is 4. The van der Waals surface area contributed by atoms with Crippen molar-refractivity contribution in [1.82, 2.24) is 10.0 Å². The number of benzene rings is 1. The first-order valence-corrected chi connectivity index (χ1v) is 7.92. The van der Waals surface area contributed by atoms with Gasteiger partial charge in [0.05, 0.1) is 5.25 Å². The first-order chi connectivity index (χ1) is 8.90. The summed E-state index contributed by atoms with van der Waals surface area (Å²) >= 11 is 0. The zero-order chi connectivity index (χ0) is 14.0. The Morgan fingerprint density at radius 2 is 2.21 bits per heavy atom. The molecule has 2 rings (SSSR count). The van der Waals surface area contributed by atoms with Gasteiger partial charge in [0.2, 0.25) is 10.0 Å². The minimum absolute atomic E-state index is 0.314. The lowest BCUT2D eigenvalue weighted by molar-refractivity contribution is 0.551. The largest absolute Gasteiger partial charge is 0.315 e. The Hall–Kier alpha value is -0.980. The van der Waals surface area contributed by atoms with Gasteiger partial charge >= 0.3 is 0 Å². The predicted octanol–water partition coefficient (Wildman–Crippen LogP) is 1.48. The third-order valence-electron chi connectivity index (χ3n) is 3.49. The minimum atomic E-state index is -3.37. The molecule has 0 radical (unpaired) electrons. The topological polar surface area (TPSA) is 58.2 Å². The zero-order valence-corrected chi connectivity index (χ0v) is 11.9. The monoisotopic (exact) mass is 286 g/mol. The molecule has 1 aliphatic heterocycles. The summed E-state index contributed by atoms with van der Waals surface area (Å²) in [6.07, 6.45) is 0.615. The molecule has 0 aromatic heterocycles. The highest BCUT2D eigenvalue weighted by molar-refractivity contribution is 7.90. The van der Waals surface area contributed by atoms with E-state index in [-0.39, 0.29) is 5.82 Å². The van der Waals surface area contributed by atoms with Gasteiger partial charge in [0.15, 0.2) is 0 Å². The van der Waals surface area contributed by atoms with Crippen LogP contribution in [0, 0.1) is 12.7 Å². The molecule has 1 fully saturated rings. The van der Waals surface area contributed by atoms with Crippen LogP contribution in [0.5, 0.6) is 0 Å². The summed E-state index contributed by atoms with van der Waals surface area (Å²) in [5.41, 5.74) is 1.19. The number of aryl methyl sites for hydroxylation is 1. The molecule has 0 saturated carbocycles. The van der Waals surface area contributed by atoms with Gasteiger partial charge in [-0.3, -0.25) is 0 Å². The quantitative estimate of drug-likeness (QED) is 0.881. The molecule has 0 bridgehead atoms. The SMILES string of the molecule is Cc1ccc(C(C)NS(=O)(=O)C2CCNC2)cc1F. The number of halogens is 1. The van der Waals surface area contributed by atoms with Gasteiger partial charge in [-0.2, -0.15) is 0 Å². The van der Waals surface area contributed by atoms with Crippen molar-refractivity contribution < 1.29 is 12.8 Å². The summed E-state index contributed by atoms with van der Waals surface area (Å²) in [5, 5.41) is 2.63. The van der Waals surface area contributed by atoms with Gasteiger partial charge < -0.3 is 5.32 Å². The standard InChI is InChI=1S/C13H19FN2O2S/c1-9-3-4-11(7-13(9)14)10(2)16-19(17,18)12-5-6-15-8-12/h3-4,7,10,12,15-16H,5-6,8H2,1-2H3. The van der Waals surface area contributed by atoms with E-state index in [0.29, 0.717) is 24.1 Å². The van der Waals surface area contributed by atoms with Crippen molar-refractivity contribution in [3.63, 3.8) is 0 Å². The predicted molar refractivity (Wildman–Crippen MR) is 72.9 cm³/mol. The molecule has 2 unspecified atom stereocenters. The van der Waals surface area contributed by atoms with Crippen LogP contribution in [0.25, 0.3) is 0 Å². The fourth-order valence-corrected chi connectivity index (χ4v) is 3.77. The molecule has 2 atom stereocenters. The van der Waals surface area contributed by atoms with Gasteiger partial charge in [-0.25, -0.2) is 17.5 Å². The van der Waals surface area contributed by atoms with E-state index in [2.05, 4.69) is 10.0 Å². The Kier molecular flexibility index (Phi) is 4.23. The van der Waals surface area contributed by atoms with Crippen LogP contribution in [-0.4, -0.2) is 26.8 Å². The number of hydrogen-bond acceptors (Lipinski definition) is 3. The molecule has 2 N–H and O–H groups in total. The van der Waals surface area contributed by atoms with Crippen molar-refractivity contribution in [2.75, 3.05) is 13.1 Å². The van der Waals surface area contributed by atoms with Gasteiger partial charge in [0.25, 0.3) is 0 Å². The van der Waals surface area contributed by atoms with E-state index >= 15 is 0 Å². The average molecular weight is 286 g/mol. The summed E-state index contributed by atoms with van der Waals surface area (Å²) in [4.78, 5) is 0. The summed E-state index contributed by atoms with van der Waals surface area (Å²) in [6, 6.07) is 4.36. The maximum Gasteiger partial charge on any atom is 0.216 e. The fourth-order valence-electron chi connectivity index (χ4n) is 2.18. The van der Waals surface area contributed by atoms with E-state index in [4.69, 9.17) is 0 Å². The van der Waals surface area contributed by atoms with Crippen LogP contribution in [0.4, 0.5) is 4.39 Å². The molecule has 0 aliphatic carbocycles. The van der Waals surface area contributed by atoms with E-state index in [9.17, 15) is 12.8 Å². The van der Waals surface area contributed by atoms with Crippen molar-refractivity contribution in [2.45, 2.75) is 31.6 Å². The van der Waals surface area contributed by atoms with Crippen molar-refractivity contribution in [3.05, 3.63) is 35.1 Å². The van der Waals surface area contributed by atoms with E-state index in [1.165, 1.54) is 6.07 Å². The lowest BCUT2D eigenvalue weighted by Gasteiger charge is -2.18. The van der Waals surface area contributed by atoms with E-state index < -0.39 is 21.3 Å². The number of sulfonamides is 1. The van der Waals surface area contributed by atoms with Crippen LogP contribution in [0.3, 0.4) is 0 Å². The van der Waals surface area contributed by atoms with Crippen molar-refractivity contribution in [2.24, 2.45) is 0 Å². The second-order valence-electron chi connectivity index (χ2n) is 5.01. The van der Waals surface area contributed by atoms with Crippen molar-refractivity contribution in [3.8, 4) is 0 Å². The lowest BCUT2D eigenvalue weighted by Crippen LogP contribution is -2.37. The third-order valence-corrected chi connectivity index (χ3v) is 5.45. The van der Waals surface area contributed by atoms with Gasteiger partial charge in [-0.05, 0) is 44.0 Å². The second kappa shape index (κ2) is 5.56. The summed E-state index contributed by atoms with van der Waals surface area (Å²) < 4.78 is 40.4. The smallest absolute Gasteiger partial charge is 0.216 e. The third kappa shape index (κ3) is 3.32. The second-order valence-corrected chi connectivity index (χ2v) is 7.00. The molecule has 19 heavy (non-hydrogen) atoms. The van der Waals surface area contributed by atoms with Crippen LogP contribution in [-0.2, 0) is 10.0 Å². The van der Waals surface area contributed by atoms with E-state index in [1.807, 2.05) is 0 Å². The first-order valence-electron chi connectivity index (χ1n) is 6.38. The number of nitrogens with one attached hydrogen (secondary N) is 2. The molecule has 1 aromatic rings. The van der Waals surface area contributed by atoms with Crippen LogP contribution < -0.4 is 10.0 Å². The van der Waals surface area contributed by atoms with Crippen LogP contribution in [0.15, 0.2) is 18.2 Å². The Morgan fingerprint density at radius 1 is 1.47 bits per heavy atom. The molecule has 1 heterocycles. The maximum absolute atomic E-state index is 13.5. The van der Waals surface area contributed by atoms with Gasteiger partial charge in [0, 0.05) is 12.6 Å². The fraction of sp³-hybridized carbons (Fsp3) is 0.538. The molecule has 0 amide bonds. The summed E-state index contributed by atoms with van der Waals surface area (Å²) in [6.45, 7) is 4.60. The van der Waals surface area contributed by atoms with E-state index in [0.717, 1.165) is 6.54 Å². The summed E-state index contributed by atoms with van der Waals surface area (Å²) in [5.74, 6) is -0.314. The lowest BCUT2D eigenvalue weighted by atomic mass is 10.1. The highest BCUT2D eigenvalue weighted by Crippen LogP contribution is 2.19. The van der Waals surface area contributed by atoms with E-state index in [1.54, 1.807) is 26.0 Å². The Bertz CT molecular complexity index is 554. The molecular weight excluding hydrogens is 267 g/mol. The Balaban J connectivity index is 2.11. The molecule has 106 valence electrons. The first kappa shape index (κ1) is 14.4. The van der Waals surface area contributed by atoms with Crippen LogP contribution in [0.2, 0.25) is 0 Å². The minimum Gasteiger partial charge on any atom is -0.315 e. The molecule has 4 nitrogen and oxygen atoms in total. The molecule has 1 aromatic carbocycles. The highest BCUT2D eigenvalue weighted by Gasteiger charge is 2.29. The molecule has 1 saturated heterocycles. The maximum atomic E-state index is 13.5. The van der Waals surface area contributed by atoms with Crippen molar-refractivity contribution >= 4 is 10.0 Å². The van der Waals surface area contributed by atoms with Crippen molar-refractivity contribution in [1.29, 1.82) is 0 Å². The van der Waals surface area contributed by atoms with Gasteiger partial charge in [-0.15, -0.1) is 0 Å². The van der Waals surface area contributed by atoms with Gasteiger partial charge in [-0.1, -0.05) is 12.1 Å². The summed E-state index contributed by atoms with van der Waals surface area (Å²) in [7, 11) is -3.37. The molecule has 1 aliphatic rings. The van der Waals surface area contributed by atoms with Gasteiger partial charge in [0.1, 0.15) is 5.82 Å². The van der Waals surface area contributed by atoms with Crippen LogP contribution in [0.1, 0.15) is 30.5 Å². The normalized spacial score (nSPS) is 21.5. The van der Waals surface area contributed by atoms with Crippen LogP contribution >= 0.6 is 0 Å². The molecule has 0 spiro atoms. The zero-order valence-electron chi connectivity index (χ0n) is 11.1. The Morgan fingerprint density at radius 3 is 2.79 bits per heavy atom. The Labute approximate surface area is 113 Å². The molecule has 6 heteroatoms. The average Bonchev–Trinajstić information content (AvgIpc) is 2.86.